The van der Waals surface area contributed by atoms with Gasteiger partial charge in [0.15, 0.2) is 0 Å². The number of ether oxygens (including phenoxy) is 1. The smallest absolute Gasteiger partial charge is 0.240 e. The Morgan fingerprint density at radius 2 is 2.08 bits per heavy atom. The Bertz CT molecular complexity index is 646. The van der Waals surface area contributed by atoms with E-state index in [2.05, 4.69) is 10.0 Å². The molecule has 2 N–H and O–H groups in total. The lowest BCUT2D eigenvalue weighted by atomic mass is 10.2. The molecular weight excluding hydrogens is 330 g/mol. The van der Waals surface area contributed by atoms with E-state index in [1.54, 1.807) is 17.0 Å². The lowest BCUT2D eigenvalue weighted by Gasteiger charge is -2.34. The Balaban J connectivity index is 1.87. The first kappa shape index (κ1) is 18.7. The van der Waals surface area contributed by atoms with Gasteiger partial charge in [-0.2, -0.15) is 0 Å². The first-order valence-corrected chi connectivity index (χ1v) is 9.65. The predicted octanol–water partition coefficient (Wildman–Crippen LogP) is 0.574. The fourth-order valence-corrected chi connectivity index (χ4v) is 3.64. The molecule has 1 aromatic rings. The van der Waals surface area contributed by atoms with Crippen molar-refractivity contribution in [2.75, 3.05) is 32.8 Å². The van der Waals surface area contributed by atoms with E-state index in [1.165, 1.54) is 12.1 Å². The number of nitrogens with one attached hydrogen (secondary N) is 2. The lowest BCUT2D eigenvalue weighted by molar-refractivity contribution is -0.133. The summed E-state index contributed by atoms with van der Waals surface area (Å²) in [4.78, 5) is 14.1. The van der Waals surface area contributed by atoms with Crippen molar-refractivity contribution in [1.82, 2.24) is 14.9 Å². The van der Waals surface area contributed by atoms with Gasteiger partial charge in [-0.15, -0.1) is 0 Å². The Morgan fingerprint density at radius 1 is 1.38 bits per heavy atom. The zero-order valence-corrected chi connectivity index (χ0v) is 14.9. The summed E-state index contributed by atoms with van der Waals surface area (Å²) in [5.74, 6) is 0.595. The van der Waals surface area contributed by atoms with Crippen LogP contribution in [-0.2, 0) is 14.8 Å². The molecule has 0 bridgehead atoms. The molecule has 1 saturated heterocycles. The van der Waals surface area contributed by atoms with Crippen LogP contribution in [-0.4, -0.2) is 58.1 Å². The molecule has 0 saturated carbocycles. The van der Waals surface area contributed by atoms with E-state index < -0.39 is 10.0 Å². The summed E-state index contributed by atoms with van der Waals surface area (Å²) in [5.41, 5.74) is 0. The minimum absolute atomic E-state index is 0.0293. The van der Waals surface area contributed by atoms with E-state index in [4.69, 9.17) is 4.74 Å². The van der Waals surface area contributed by atoms with Crippen molar-refractivity contribution >= 4 is 15.9 Å². The second-order valence-corrected chi connectivity index (χ2v) is 7.46. The SMILES string of the molecule is CCOc1ccc(S(=O)(=O)NCCC(=O)N2CCNCC2C)cc1. The minimum atomic E-state index is -3.62. The molecule has 24 heavy (non-hydrogen) atoms. The van der Waals surface area contributed by atoms with Crippen molar-refractivity contribution in [3.05, 3.63) is 24.3 Å². The van der Waals surface area contributed by atoms with Crippen LogP contribution in [0.3, 0.4) is 0 Å². The monoisotopic (exact) mass is 355 g/mol. The highest BCUT2D eigenvalue weighted by molar-refractivity contribution is 7.89. The summed E-state index contributed by atoms with van der Waals surface area (Å²) >= 11 is 0. The number of hydrogen-bond donors (Lipinski definition) is 2. The maximum atomic E-state index is 12.2. The molecule has 0 aromatic heterocycles. The molecule has 1 heterocycles. The van der Waals surface area contributed by atoms with Gasteiger partial charge in [0.2, 0.25) is 15.9 Å². The Hall–Kier alpha value is -1.64. The zero-order valence-electron chi connectivity index (χ0n) is 14.1. The molecule has 1 atom stereocenters. The van der Waals surface area contributed by atoms with Gasteiger partial charge >= 0.3 is 0 Å². The zero-order chi connectivity index (χ0) is 17.6. The van der Waals surface area contributed by atoms with Crippen molar-refractivity contribution in [3.8, 4) is 5.75 Å². The van der Waals surface area contributed by atoms with Crippen molar-refractivity contribution in [2.24, 2.45) is 0 Å². The van der Waals surface area contributed by atoms with Gasteiger partial charge in [0, 0.05) is 38.6 Å². The molecular formula is C16H25N3O4S. The first-order valence-electron chi connectivity index (χ1n) is 8.16. The molecule has 0 radical (unpaired) electrons. The maximum Gasteiger partial charge on any atom is 0.240 e. The van der Waals surface area contributed by atoms with Crippen LogP contribution < -0.4 is 14.8 Å². The third kappa shape index (κ3) is 4.93. The maximum absolute atomic E-state index is 12.2. The summed E-state index contributed by atoms with van der Waals surface area (Å²) in [5, 5.41) is 3.22. The largest absolute Gasteiger partial charge is 0.494 e. The Kier molecular flexibility index (Phi) is 6.59. The highest BCUT2D eigenvalue weighted by Gasteiger charge is 2.23. The topological polar surface area (TPSA) is 87.7 Å². The van der Waals surface area contributed by atoms with Crippen molar-refractivity contribution in [1.29, 1.82) is 0 Å². The van der Waals surface area contributed by atoms with Gasteiger partial charge in [-0.3, -0.25) is 4.79 Å². The van der Waals surface area contributed by atoms with Gasteiger partial charge in [-0.25, -0.2) is 13.1 Å². The van der Waals surface area contributed by atoms with Crippen molar-refractivity contribution < 1.29 is 17.9 Å². The molecule has 1 aliphatic rings. The average Bonchev–Trinajstić information content (AvgIpc) is 2.56. The van der Waals surface area contributed by atoms with E-state index in [0.717, 1.165) is 13.1 Å². The number of carbonyl (C=O) groups is 1. The van der Waals surface area contributed by atoms with E-state index in [1.807, 2.05) is 13.8 Å². The minimum Gasteiger partial charge on any atom is -0.494 e. The average molecular weight is 355 g/mol. The molecule has 8 heteroatoms. The standard InChI is InChI=1S/C16H25N3O4S/c1-3-23-14-4-6-15(7-5-14)24(21,22)18-9-8-16(20)19-11-10-17-12-13(19)2/h4-7,13,17-18H,3,8-12H2,1-2H3. The number of sulfonamides is 1. The molecule has 1 unspecified atom stereocenters. The van der Waals surface area contributed by atoms with Gasteiger partial charge in [0.05, 0.1) is 11.5 Å². The van der Waals surface area contributed by atoms with Gasteiger partial charge in [0.25, 0.3) is 0 Å². The molecule has 1 fully saturated rings. The molecule has 1 aromatic carbocycles. The fourth-order valence-electron chi connectivity index (χ4n) is 2.61. The number of hydrogen-bond acceptors (Lipinski definition) is 5. The van der Waals surface area contributed by atoms with Crippen molar-refractivity contribution in [2.45, 2.75) is 31.2 Å². The Labute approximate surface area is 143 Å². The quantitative estimate of drug-likeness (QED) is 0.747. The number of nitrogens with zero attached hydrogens (tertiary/aromatic N) is 1. The lowest BCUT2D eigenvalue weighted by Crippen LogP contribution is -2.52. The van der Waals surface area contributed by atoms with Crippen LogP contribution in [0.1, 0.15) is 20.3 Å². The van der Waals surface area contributed by atoms with Crippen LogP contribution in [0.15, 0.2) is 29.2 Å². The third-order valence-electron chi connectivity index (χ3n) is 3.90. The van der Waals surface area contributed by atoms with Crippen LogP contribution >= 0.6 is 0 Å². The second-order valence-electron chi connectivity index (χ2n) is 5.69. The normalized spacial score (nSPS) is 18.4. The van der Waals surface area contributed by atoms with Crippen LogP contribution in [0.5, 0.6) is 5.75 Å². The summed E-state index contributed by atoms with van der Waals surface area (Å²) < 4.78 is 32.2. The molecule has 134 valence electrons. The van der Waals surface area contributed by atoms with Gasteiger partial charge in [-0.05, 0) is 38.1 Å². The van der Waals surface area contributed by atoms with Crippen LogP contribution in [0, 0.1) is 0 Å². The Morgan fingerprint density at radius 3 is 2.71 bits per heavy atom. The summed E-state index contributed by atoms with van der Waals surface area (Å²) in [6.07, 6.45) is 0.153. The van der Waals surface area contributed by atoms with E-state index in [9.17, 15) is 13.2 Å². The second kappa shape index (κ2) is 8.46. The molecule has 7 nitrogen and oxygen atoms in total. The fraction of sp³-hybridized carbons (Fsp3) is 0.562. The van der Waals surface area contributed by atoms with Gasteiger partial charge in [-0.1, -0.05) is 0 Å². The van der Waals surface area contributed by atoms with Gasteiger partial charge < -0.3 is 15.0 Å². The van der Waals surface area contributed by atoms with Crippen LogP contribution in [0.2, 0.25) is 0 Å². The summed E-state index contributed by atoms with van der Waals surface area (Å²) in [6, 6.07) is 6.35. The van der Waals surface area contributed by atoms with Crippen LogP contribution in [0.4, 0.5) is 0 Å². The molecule has 0 aliphatic carbocycles. The summed E-state index contributed by atoms with van der Waals surface area (Å²) in [7, 11) is -3.62. The van der Waals surface area contributed by atoms with E-state index in [0.29, 0.717) is 18.9 Å². The molecule has 1 aliphatic heterocycles. The highest BCUT2D eigenvalue weighted by atomic mass is 32.2. The third-order valence-corrected chi connectivity index (χ3v) is 5.37. The van der Waals surface area contributed by atoms with Crippen molar-refractivity contribution in [3.63, 3.8) is 0 Å². The number of amides is 1. The van der Waals surface area contributed by atoms with Crippen LogP contribution in [0.25, 0.3) is 0 Å². The molecule has 0 spiro atoms. The molecule has 1 amide bonds. The number of carbonyl (C=O) groups excluding carboxylic acids is 1. The van der Waals surface area contributed by atoms with E-state index >= 15 is 0 Å². The number of piperazine rings is 1. The van der Waals surface area contributed by atoms with E-state index in [-0.39, 0.29) is 29.8 Å². The number of rotatable bonds is 7. The highest BCUT2D eigenvalue weighted by Crippen LogP contribution is 2.15. The predicted molar refractivity (Wildman–Crippen MR) is 91.5 cm³/mol. The summed E-state index contributed by atoms with van der Waals surface area (Å²) in [6.45, 7) is 6.65. The first-order chi connectivity index (χ1) is 11.4. The van der Waals surface area contributed by atoms with Gasteiger partial charge in [0.1, 0.15) is 5.75 Å². The molecule has 2 rings (SSSR count). The number of benzene rings is 1.